The van der Waals surface area contributed by atoms with Crippen molar-refractivity contribution in [3.8, 4) is 0 Å². The zero-order chi connectivity index (χ0) is 13.1. The third kappa shape index (κ3) is 3.07. The van der Waals surface area contributed by atoms with E-state index in [-0.39, 0.29) is 0 Å². The molecular formula is C13H15N3OS. The van der Waals surface area contributed by atoms with Crippen LogP contribution >= 0.6 is 12.2 Å². The highest BCUT2D eigenvalue weighted by Gasteiger charge is 2.04. The van der Waals surface area contributed by atoms with Crippen molar-refractivity contribution in [2.75, 3.05) is 5.32 Å². The van der Waals surface area contributed by atoms with Gasteiger partial charge in [0.15, 0.2) is 0 Å². The highest BCUT2D eigenvalue weighted by Crippen LogP contribution is 2.13. The van der Waals surface area contributed by atoms with Crippen molar-refractivity contribution in [1.29, 1.82) is 0 Å². The Morgan fingerprint density at radius 3 is 2.78 bits per heavy atom. The molecule has 0 radical (unpaired) electrons. The number of aryl methyl sites for hydroxylation is 2. The summed E-state index contributed by atoms with van der Waals surface area (Å²) in [6, 6.07) is 7.57. The van der Waals surface area contributed by atoms with Crippen LogP contribution in [0.15, 0.2) is 28.7 Å². The fourth-order valence-electron chi connectivity index (χ4n) is 1.66. The quantitative estimate of drug-likeness (QED) is 0.828. The minimum atomic E-state index is 0.373. The van der Waals surface area contributed by atoms with E-state index in [1.807, 2.05) is 38.1 Å². The molecule has 0 amide bonds. The molecular weight excluding hydrogens is 246 g/mol. The number of furan rings is 1. The maximum Gasteiger partial charge on any atom is 0.127 e. The van der Waals surface area contributed by atoms with Gasteiger partial charge in [0.25, 0.3) is 0 Å². The van der Waals surface area contributed by atoms with E-state index < -0.39 is 0 Å². The van der Waals surface area contributed by atoms with Gasteiger partial charge in [-0.25, -0.2) is 4.98 Å². The minimum Gasteiger partial charge on any atom is -0.465 e. The summed E-state index contributed by atoms with van der Waals surface area (Å²) in [7, 11) is 0. The molecule has 0 spiro atoms. The first kappa shape index (κ1) is 12.6. The van der Waals surface area contributed by atoms with Gasteiger partial charge in [0, 0.05) is 11.3 Å². The van der Waals surface area contributed by atoms with Gasteiger partial charge >= 0.3 is 0 Å². The first-order valence-corrected chi connectivity index (χ1v) is 6.03. The van der Waals surface area contributed by atoms with Gasteiger partial charge < -0.3 is 15.5 Å². The first-order chi connectivity index (χ1) is 8.54. The molecule has 2 aromatic rings. The Balaban J connectivity index is 2.11. The summed E-state index contributed by atoms with van der Waals surface area (Å²) in [5, 5.41) is 3.19. The smallest absolute Gasteiger partial charge is 0.127 e. The topological polar surface area (TPSA) is 64.1 Å². The molecule has 0 bridgehead atoms. The molecule has 2 heterocycles. The highest BCUT2D eigenvalue weighted by atomic mass is 32.1. The SMILES string of the molecule is Cc1cc(C(N)=S)cc(NCc2ccc(C)o2)n1. The molecule has 0 aliphatic rings. The number of nitrogens with two attached hydrogens (primary N) is 1. The normalized spacial score (nSPS) is 10.3. The predicted octanol–water partition coefficient (Wildman–Crippen LogP) is 2.54. The highest BCUT2D eigenvalue weighted by molar-refractivity contribution is 7.80. The average molecular weight is 261 g/mol. The number of anilines is 1. The summed E-state index contributed by atoms with van der Waals surface area (Å²) in [6.07, 6.45) is 0. The van der Waals surface area contributed by atoms with E-state index in [4.69, 9.17) is 22.4 Å². The van der Waals surface area contributed by atoms with Gasteiger partial charge in [0.2, 0.25) is 0 Å². The van der Waals surface area contributed by atoms with Crippen molar-refractivity contribution in [1.82, 2.24) is 4.98 Å². The molecule has 2 aromatic heterocycles. The van der Waals surface area contributed by atoms with E-state index in [1.165, 1.54) is 0 Å². The number of hydrogen-bond acceptors (Lipinski definition) is 4. The van der Waals surface area contributed by atoms with Crippen LogP contribution in [0.3, 0.4) is 0 Å². The Labute approximate surface area is 111 Å². The van der Waals surface area contributed by atoms with Gasteiger partial charge in [-0.05, 0) is 38.1 Å². The Morgan fingerprint density at radius 2 is 2.17 bits per heavy atom. The number of aromatic nitrogens is 1. The lowest BCUT2D eigenvalue weighted by Crippen LogP contribution is -2.11. The predicted molar refractivity (Wildman–Crippen MR) is 75.6 cm³/mol. The van der Waals surface area contributed by atoms with Crippen LogP contribution < -0.4 is 11.1 Å². The molecule has 2 rings (SSSR count). The summed E-state index contributed by atoms with van der Waals surface area (Å²) in [5.41, 5.74) is 7.31. The van der Waals surface area contributed by atoms with Crippen LogP contribution in [-0.2, 0) is 6.54 Å². The third-order valence-corrected chi connectivity index (χ3v) is 2.71. The summed E-state index contributed by atoms with van der Waals surface area (Å²) in [4.78, 5) is 4.74. The van der Waals surface area contributed by atoms with Gasteiger partial charge in [-0.2, -0.15) is 0 Å². The maximum atomic E-state index is 5.62. The third-order valence-electron chi connectivity index (χ3n) is 2.48. The Bertz CT molecular complexity index is 577. The molecule has 0 saturated heterocycles. The average Bonchev–Trinajstić information content (AvgIpc) is 2.72. The number of pyridine rings is 1. The van der Waals surface area contributed by atoms with E-state index in [1.54, 1.807) is 0 Å². The molecule has 0 fully saturated rings. The van der Waals surface area contributed by atoms with E-state index >= 15 is 0 Å². The van der Waals surface area contributed by atoms with Crippen LogP contribution in [-0.4, -0.2) is 9.97 Å². The lowest BCUT2D eigenvalue weighted by molar-refractivity contribution is 0.490. The van der Waals surface area contributed by atoms with Gasteiger partial charge in [0.1, 0.15) is 22.3 Å². The van der Waals surface area contributed by atoms with Crippen LogP contribution in [0.4, 0.5) is 5.82 Å². The molecule has 0 atom stereocenters. The van der Waals surface area contributed by atoms with Crippen LogP contribution in [0.25, 0.3) is 0 Å². The first-order valence-electron chi connectivity index (χ1n) is 5.62. The molecule has 4 nitrogen and oxygen atoms in total. The van der Waals surface area contributed by atoms with Crippen molar-refractivity contribution in [2.24, 2.45) is 5.73 Å². The van der Waals surface area contributed by atoms with Crippen molar-refractivity contribution in [3.05, 3.63) is 47.0 Å². The number of rotatable bonds is 4. The Morgan fingerprint density at radius 1 is 1.39 bits per heavy atom. The summed E-state index contributed by atoms with van der Waals surface area (Å²) >= 11 is 4.97. The zero-order valence-electron chi connectivity index (χ0n) is 10.4. The van der Waals surface area contributed by atoms with Crippen molar-refractivity contribution >= 4 is 23.0 Å². The summed E-state index contributed by atoms with van der Waals surface area (Å²) in [6.45, 7) is 4.41. The molecule has 94 valence electrons. The minimum absolute atomic E-state index is 0.373. The van der Waals surface area contributed by atoms with Crippen LogP contribution in [0.1, 0.15) is 22.8 Å². The molecule has 0 unspecified atom stereocenters. The summed E-state index contributed by atoms with van der Waals surface area (Å²) < 4.78 is 5.47. The maximum absolute atomic E-state index is 5.62. The number of nitrogens with zero attached hydrogens (tertiary/aromatic N) is 1. The largest absolute Gasteiger partial charge is 0.465 e. The molecule has 0 aliphatic carbocycles. The molecule has 0 saturated carbocycles. The summed E-state index contributed by atoms with van der Waals surface area (Å²) in [5.74, 6) is 2.51. The molecule has 0 aliphatic heterocycles. The van der Waals surface area contributed by atoms with Gasteiger partial charge in [-0.15, -0.1) is 0 Å². The fourth-order valence-corrected chi connectivity index (χ4v) is 1.78. The van der Waals surface area contributed by atoms with Crippen molar-refractivity contribution < 1.29 is 4.42 Å². The van der Waals surface area contributed by atoms with Crippen LogP contribution in [0, 0.1) is 13.8 Å². The zero-order valence-corrected chi connectivity index (χ0v) is 11.2. The van der Waals surface area contributed by atoms with E-state index in [2.05, 4.69) is 10.3 Å². The Kier molecular flexibility index (Phi) is 3.62. The molecule has 3 N–H and O–H groups in total. The van der Waals surface area contributed by atoms with Gasteiger partial charge in [-0.1, -0.05) is 12.2 Å². The van der Waals surface area contributed by atoms with Gasteiger partial charge in [-0.3, -0.25) is 0 Å². The van der Waals surface area contributed by atoms with Gasteiger partial charge in [0.05, 0.1) is 6.54 Å². The van der Waals surface area contributed by atoms with Crippen molar-refractivity contribution in [3.63, 3.8) is 0 Å². The second-order valence-corrected chi connectivity index (χ2v) is 4.55. The number of nitrogens with one attached hydrogen (secondary N) is 1. The van der Waals surface area contributed by atoms with E-state index in [9.17, 15) is 0 Å². The van der Waals surface area contributed by atoms with Crippen molar-refractivity contribution in [2.45, 2.75) is 20.4 Å². The van der Waals surface area contributed by atoms with Crippen LogP contribution in [0.5, 0.6) is 0 Å². The lowest BCUT2D eigenvalue weighted by Gasteiger charge is -2.07. The standard InChI is InChI=1S/C13H15N3OS/c1-8-5-10(13(14)18)6-12(16-8)15-7-11-4-3-9(2)17-11/h3-6H,7H2,1-2H3,(H2,14,18)(H,15,16). The monoisotopic (exact) mass is 261 g/mol. The lowest BCUT2D eigenvalue weighted by atomic mass is 10.2. The number of hydrogen-bond donors (Lipinski definition) is 2. The fraction of sp³-hybridized carbons (Fsp3) is 0.231. The molecule has 0 aromatic carbocycles. The molecule has 5 heteroatoms. The second-order valence-electron chi connectivity index (χ2n) is 4.11. The van der Waals surface area contributed by atoms with E-state index in [0.717, 1.165) is 28.6 Å². The number of thiocarbonyl (C=S) groups is 1. The van der Waals surface area contributed by atoms with Crippen LogP contribution in [0.2, 0.25) is 0 Å². The second kappa shape index (κ2) is 5.18. The molecule has 18 heavy (non-hydrogen) atoms. The Hall–Kier alpha value is -1.88. The van der Waals surface area contributed by atoms with E-state index in [0.29, 0.717) is 11.5 Å².